The molecule has 0 fully saturated rings. The van der Waals surface area contributed by atoms with Crippen LogP contribution in [0.5, 0.6) is 0 Å². The number of allylic oxidation sites excluding steroid dienone is 1. The quantitative estimate of drug-likeness (QED) is 0.838. The van der Waals surface area contributed by atoms with Crippen molar-refractivity contribution >= 4 is 22.4 Å². The molecule has 1 aliphatic carbocycles. The third kappa shape index (κ3) is 2.59. The number of aliphatic hydroxyl groups excluding tert-OH is 1. The zero-order valence-electron chi connectivity index (χ0n) is 16.1. The third-order valence-corrected chi connectivity index (χ3v) is 5.07. The van der Waals surface area contributed by atoms with Crippen LogP contribution in [0.15, 0.2) is 46.5 Å². The zero-order chi connectivity index (χ0) is 19.9. The monoisotopic (exact) mass is 369 g/mol. The van der Waals surface area contributed by atoms with Crippen molar-refractivity contribution in [2.45, 2.75) is 25.9 Å². The van der Waals surface area contributed by atoms with Crippen LogP contribution in [0.4, 0.5) is 0 Å². The largest absolute Gasteiger partial charge is 0.504 e. The Kier molecular flexibility index (Phi) is 4.70. The van der Waals surface area contributed by atoms with Crippen molar-refractivity contribution < 1.29 is 19.4 Å². The summed E-state index contributed by atoms with van der Waals surface area (Å²) < 4.78 is 12.7. The highest BCUT2D eigenvalue weighted by molar-refractivity contribution is 6.09. The first kappa shape index (κ1) is 18.9. The molecule has 6 nitrogen and oxygen atoms in total. The lowest BCUT2D eigenvalue weighted by Crippen LogP contribution is -2.46. The number of methoxy groups -OCH3 is 2. The van der Waals surface area contributed by atoms with Crippen LogP contribution in [-0.2, 0) is 26.9 Å². The van der Waals surface area contributed by atoms with Crippen LogP contribution >= 0.6 is 0 Å². The summed E-state index contributed by atoms with van der Waals surface area (Å²) in [6.07, 6.45) is 2.09. The second-order valence-electron chi connectivity index (χ2n) is 6.86. The molecule has 0 saturated carbocycles. The van der Waals surface area contributed by atoms with Gasteiger partial charge in [0.05, 0.1) is 23.9 Å². The van der Waals surface area contributed by atoms with Gasteiger partial charge >= 0.3 is 0 Å². The van der Waals surface area contributed by atoms with E-state index in [1.165, 1.54) is 14.2 Å². The van der Waals surface area contributed by atoms with Crippen LogP contribution < -0.4 is 5.43 Å². The van der Waals surface area contributed by atoms with E-state index >= 15 is 0 Å². The topological polar surface area (TPSA) is 77.8 Å². The number of carbonyl (C=O) groups is 1. The first-order valence-electron chi connectivity index (χ1n) is 8.63. The maximum absolute atomic E-state index is 13.3. The van der Waals surface area contributed by atoms with Gasteiger partial charge in [-0.15, -0.1) is 0 Å². The van der Waals surface area contributed by atoms with E-state index in [9.17, 15) is 14.7 Å². The van der Waals surface area contributed by atoms with E-state index in [1.807, 2.05) is 26.0 Å². The fourth-order valence-electron chi connectivity index (χ4n) is 3.69. The molecule has 0 unspecified atom stereocenters. The molecule has 0 bridgehead atoms. The summed E-state index contributed by atoms with van der Waals surface area (Å²) in [6, 6.07) is 7.07. The number of benzene rings is 1. The fraction of sp³-hybridized carbons (Fsp3) is 0.333. The summed E-state index contributed by atoms with van der Waals surface area (Å²) in [5, 5.41) is 11.2. The van der Waals surface area contributed by atoms with Crippen molar-refractivity contribution in [2.75, 3.05) is 14.2 Å². The van der Waals surface area contributed by atoms with Crippen LogP contribution in [0.25, 0.3) is 16.7 Å². The molecule has 0 spiro atoms. The Hall–Kier alpha value is -2.86. The average Bonchev–Trinajstić information content (AvgIpc) is 2.66. The lowest BCUT2D eigenvalue weighted by atomic mass is 9.79. The van der Waals surface area contributed by atoms with E-state index in [-0.39, 0.29) is 23.2 Å². The number of aryl methyl sites for hydroxylation is 1. The first-order chi connectivity index (χ1) is 12.8. The Morgan fingerprint density at radius 3 is 2.48 bits per heavy atom. The van der Waals surface area contributed by atoms with Crippen molar-refractivity contribution in [1.29, 1.82) is 0 Å². The van der Waals surface area contributed by atoms with Gasteiger partial charge in [-0.05, 0) is 26.0 Å². The molecule has 0 aliphatic heterocycles. The van der Waals surface area contributed by atoms with Gasteiger partial charge in [0.25, 0.3) is 0 Å². The van der Waals surface area contributed by atoms with Crippen molar-refractivity contribution in [3.05, 3.63) is 63.2 Å². The van der Waals surface area contributed by atoms with E-state index in [0.29, 0.717) is 16.6 Å². The minimum atomic E-state index is -1.47. The minimum Gasteiger partial charge on any atom is -0.504 e. The first-order valence-corrected chi connectivity index (χ1v) is 8.63. The Balaban J connectivity index is 2.54. The highest BCUT2D eigenvalue weighted by atomic mass is 16.5. The number of rotatable bonds is 4. The molecule has 1 aromatic carbocycles. The summed E-state index contributed by atoms with van der Waals surface area (Å²) >= 11 is 0. The van der Waals surface area contributed by atoms with Crippen LogP contribution in [0.1, 0.15) is 31.5 Å². The van der Waals surface area contributed by atoms with Gasteiger partial charge in [0.2, 0.25) is 17.0 Å². The number of hydrogen-bond donors (Lipinski definition) is 1. The molecule has 0 saturated heterocycles. The maximum atomic E-state index is 13.3. The SMILES string of the molecule is COC1=C(O)c2c(n(C)c3ccccc3c2=O)[C@](CC=C(C)C)(OC)C1=O. The van der Waals surface area contributed by atoms with Gasteiger partial charge < -0.3 is 19.1 Å². The molecule has 6 heteroatoms. The Labute approximate surface area is 157 Å². The molecular weight excluding hydrogens is 346 g/mol. The average molecular weight is 369 g/mol. The molecule has 0 radical (unpaired) electrons. The lowest BCUT2D eigenvalue weighted by Gasteiger charge is -2.37. The van der Waals surface area contributed by atoms with Gasteiger partial charge in [0.1, 0.15) is 0 Å². The predicted octanol–water partition coefficient (Wildman–Crippen LogP) is 3.19. The highest BCUT2D eigenvalue weighted by Gasteiger charge is 2.51. The molecule has 3 rings (SSSR count). The summed E-state index contributed by atoms with van der Waals surface area (Å²) in [7, 11) is 4.48. The summed E-state index contributed by atoms with van der Waals surface area (Å²) in [5.74, 6) is -1.23. The molecule has 1 heterocycles. The number of ether oxygens (including phenoxy) is 2. The molecule has 27 heavy (non-hydrogen) atoms. The molecule has 0 amide bonds. The van der Waals surface area contributed by atoms with Crippen molar-refractivity contribution in [2.24, 2.45) is 7.05 Å². The number of aliphatic hydroxyl groups is 1. The van der Waals surface area contributed by atoms with E-state index in [4.69, 9.17) is 9.47 Å². The van der Waals surface area contributed by atoms with Crippen LogP contribution in [-0.4, -0.2) is 29.7 Å². The number of fused-ring (bicyclic) bond motifs is 2. The molecule has 1 atom stereocenters. The summed E-state index contributed by atoms with van der Waals surface area (Å²) in [5.41, 5.74) is 0.191. The second kappa shape index (κ2) is 6.70. The van der Waals surface area contributed by atoms with Crippen LogP contribution in [0.2, 0.25) is 0 Å². The number of hydrogen-bond acceptors (Lipinski definition) is 5. The van der Waals surface area contributed by atoms with Gasteiger partial charge in [0, 0.05) is 26.0 Å². The third-order valence-electron chi connectivity index (χ3n) is 5.07. The van der Waals surface area contributed by atoms with Crippen LogP contribution in [0.3, 0.4) is 0 Å². The van der Waals surface area contributed by atoms with Crippen molar-refractivity contribution in [3.8, 4) is 0 Å². The second-order valence-corrected chi connectivity index (χ2v) is 6.86. The smallest absolute Gasteiger partial charge is 0.239 e. The molecular formula is C21H23NO5. The summed E-state index contributed by atoms with van der Waals surface area (Å²) in [4.78, 5) is 26.5. The number of aromatic nitrogens is 1. The van der Waals surface area contributed by atoms with E-state index < -0.39 is 17.1 Å². The number of para-hydroxylation sites is 1. The Bertz CT molecular complexity index is 1060. The van der Waals surface area contributed by atoms with E-state index in [0.717, 1.165) is 5.57 Å². The molecule has 2 aromatic rings. The number of ketones is 1. The van der Waals surface area contributed by atoms with Gasteiger partial charge in [-0.1, -0.05) is 23.8 Å². The maximum Gasteiger partial charge on any atom is 0.239 e. The number of nitrogens with zero attached hydrogens (tertiary/aromatic N) is 1. The zero-order valence-corrected chi connectivity index (χ0v) is 16.1. The Morgan fingerprint density at radius 1 is 1.22 bits per heavy atom. The van der Waals surface area contributed by atoms with Crippen LogP contribution in [0, 0.1) is 0 Å². The predicted molar refractivity (Wildman–Crippen MR) is 103 cm³/mol. The van der Waals surface area contributed by atoms with Gasteiger partial charge in [-0.2, -0.15) is 0 Å². The highest BCUT2D eigenvalue weighted by Crippen LogP contribution is 2.42. The number of carbonyl (C=O) groups excluding carboxylic acids is 1. The normalized spacial score (nSPS) is 19.2. The van der Waals surface area contributed by atoms with Crippen molar-refractivity contribution in [3.63, 3.8) is 0 Å². The Morgan fingerprint density at radius 2 is 1.89 bits per heavy atom. The number of pyridine rings is 1. The van der Waals surface area contributed by atoms with Gasteiger partial charge in [-0.3, -0.25) is 9.59 Å². The summed E-state index contributed by atoms with van der Waals surface area (Å²) in [6.45, 7) is 3.84. The van der Waals surface area contributed by atoms with E-state index in [2.05, 4.69) is 0 Å². The molecule has 1 aromatic heterocycles. The molecule has 1 N–H and O–H groups in total. The minimum absolute atomic E-state index is 0.0386. The van der Waals surface area contributed by atoms with E-state index in [1.54, 1.807) is 29.8 Å². The standard InChI is InChI=1S/C21H23NO5/c1-12(2)10-11-21(27-5)19-15(17(24)18(26-4)20(21)25)16(23)13-8-6-7-9-14(13)22(19)3/h6-10,24H,11H2,1-5H3/t21-/m0/s1. The number of Topliss-reactive ketones (excluding diaryl/α,β-unsaturated/α-hetero) is 1. The van der Waals surface area contributed by atoms with Gasteiger partial charge in [-0.25, -0.2) is 0 Å². The lowest BCUT2D eigenvalue weighted by molar-refractivity contribution is -0.142. The molecule has 142 valence electrons. The van der Waals surface area contributed by atoms with Gasteiger partial charge in [0.15, 0.2) is 11.4 Å². The molecule has 1 aliphatic rings. The van der Waals surface area contributed by atoms with Crippen molar-refractivity contribution in [1.82, 2.24) is 4.57 Å². The fourth-order valence-corrected chi connectivity index (χ4v) is 3.69.